The Hall–Kier alpha value is -1.44. The molecule has 2 nitrogen and oxygen atoms in total. The highest BCUT2D eigenvalue weighted by Gasteiger charge is 1.93. The molecule has 0 radical (unpaired) electrons. The van der Waals surface area contributed by atoms with Gasteiger partial charge in [0.05, 0.1) is 6.61 Å². The molecule has 0 aromatic heterocycles. The lowest BCUT2D eigenvalue weighted by Gasteiger charge is -2.06. The van der Waals surface area contributed by atoms with Crippen molar-refractivity contribution in [1.29, 1.82) is 0 Å². The Morgan fingerprint density at radius 3 is 2.81 bits per heavy atom. The molecule has 0 spiro atoms. The van der Waals surface area contributed by atoms with Gasteiger partial charge >= 0.3 is 0 Å². The van der Waals surface area contributed by atoms with Gasteiger partial charge in [0.2, 0.25) is 0 Å². The first-order chi connectivity index (χ1) is 7.86. The van der Waals surface area contributed by atoms with E-state index in [1.165, 1.54) is 6.42 Å². The smallest absolute Gasteiger partial charge is 0.121 e. The monoisotopic (exact) mass is 219 g/mol. The van der Waals surface area contributed by atoms with E-state index in [9.17, 15) is 0 Å². The van der Waals surface area contributed by atoms with E-state index < -0.39 is 0 Å². The predicted octanol–water partition coefficient (Wildman–Crippen LogP) is 3.85. The Morgan fingerprint density at radius 2 is 2.06 bits per heavy atom. The van der Waals surface area contributed by atoms with Crippen molar-refractivity contribution in [2.24, 2.45) is 0 Å². The molecule has 1 aromatic carbocycles. The highest BCUT2D eigenvalue weighted by atomic mass is 16.5. The minimum Gasteiger partial charge on any atom is -0.493 e. The van der Waals surface area contributed by atoms with Crippen LogP contribution in [0.2, 0.25) is 0 Å². The molecule has 0 atom stereocenters. The Labute approximate surface area is 98.3 Å². The normalized spacial score (nSPS) is 10.6. The summed E-state index contributed by atoms with van der Waals surface area (Å²) in [6.07, 6.45) is 7.75. The van der Waals surface area contributed by atoms with E-state index in [4.69, 9.17) is 4.74 Å². The van der Waals surface area contributed by atoms with Crippen LogP contribution in [0.25, 0.3) is 0 Å². The van der Waals surface area contributed by atoms with Crippen LogP contribution < -0.4 is 10.1 Å². The van der Waals surface area contributed by atoms with Crippen molar-refractivity contribution in [3.05, 3.63) is 36.4 Å². The van der Waals surface area contributed by atoms with Gasteiger partial charge in [0, 0.05) is 18.8 Å². The summed E-state index contributed by atoms with van der Waals surface area (Å²) in [5, 5.41) is 3.09. The number of benzene rings is 1. The quantitative estimate of drug-likeness (QED) is 0.555. The van der Waals surface area contributed by atoms with Crippen LogP contribution in [0, 0.1) is 0 Å². The van der Waals surface area contributed by atoms with Crippen molar-refractivity contribution in [3.63, 3.8) is 0 Å². The molecule has 88 valence electrons. The number of hydrogen-bond donors (Lipinski definition) is 1. The number of rotatable bonds is 7. The van der Waals surface area contributed by atoms with Crippen molar-refractivity contribution in [3.8, 4) is 5.75 Å². The van der Waals surface area contributed by atoms with Crippen LogP contribution in [0.1, 0.15) is 26.2 Å². The molecular weight excluding hydrogens is 198 g/mol. The fourth-order valence-electron chi connectivity index (χ4n) is 1.39. The number of hydrogen-bond acceptors (Lipinski definition) is 2. The SMILES string of the molecule is CCC/C=C/CCOc1cccc(NC)c1. The average Bonchev–Trinajstić information content (AvgIpc) is 2.34. The second-order valence-corrected chi connectivity index (χ2v) is 3.68. The van der Waals surface area contributed by atoms with Gasteiger partial charge in [-0.25, -0.2) is 0 Å². The predicted molar refractivity (Wildman–Crippen MR) is 70.1 cm³/mol. The van der Waals surface area contributed by atoms with Crippen LogP contribution >= 0.6 is 0 Å². The fraction of sp³-hybridized carbons (Fsp3) is 0.429. The lowest BCUT2D eigenvalue weighted by atomic mass is 10.3. The zero-order valence-electron chi connectivity index (χ0n) is 10.2. The first kappa shape index (κ1) is 12.6. The van der Waals surface area contributed by atoms with Crippen LogP contribution in [-0.4, -0.2) is 13.7 Å². The minimum absolute atomic E-state index is 0.743. The number of allylic oxidation sites excluding steroid dienone is 1. The van der Waals surface area contributed by atoms with Gasteiger partial charge in [-0.15, -0.1) is 0 Å². The maximum Gasteiger partial charge on any atom is 0.121 e. The summed E-state index contributed by atoms with van der Waals surface area (Å²) in [5.41, 5.74) is 1.08. The largest absolute Gasteiger partial charge is 0.493 e. The van der Waals surface area contributed by atoms with Crippen molar-refractivity contribution < 1.29 is 4.74 Å². The molecule has 0 saturated carbocycles. The topological polar surface area (TPSA) is 21.3 Å². The van der Waals surface area contributed by atoms with Gasteiger partial charge < -0.3 is 10.1 Å². The van der Waals surface area contributed by atoms with Crippen LogP contribution in [0.5, 0.6) is 5.75 Å². The molecule has 0 heterocycles. The van der Waals surface area contributed by atoms with E-state index in [1.54, 1.807) is 0 Å². The molecule has 1 aromatic rings. The van der Waals surface area contributed by atoms with Gasteiger partial charge in [-0.3, -0.25) is 0 Å². The van der Waals surface area contributed by atoms with E-state index in [1.807, 2.05) is 31.3 Å². The highest BCUT2D eigenvalue weighted by Crippen LogP contribution is 2.16. The maximum atomic E-state index is 5.64. The Morgan fingerprint density at radius 1 is 1.25 bits per heavy atom. The molecule has 1 N–H and O–H groups in total. The third-order valence-electron chi connectivity index (χ3n) is 2.30. The van der Waals surface area contributed by atoms with Gasteiger partial charge in [-0.1, -0.05) is 31.6 Å². The second kappa shape index (κ2) is 7.80. The minimum atomic E-state index is 0.743. The first-order valence-corrected chi connectivity index (χ1v) is 5.92. The van der Waals surface area contributed by atoms with E-state index in [0.717, 1.165) is 30.9 Å². The van der Waals surface area contributed by atoms with Crippen LogP contribution in [0.3, 0.4) is 0 Å². The standard InChI is InChI=1S/C14H21NO/c1-3-4-5-6-7-11-16-14-10-8-9-13(12-14)15-2/h5-6,8-10,12,15H,3-4,7,11H2,1-2H3/b6-5+. The highest BCUT2D eigenvalue weighted by molar-refractivity contribution is 5.47. The van der Waals surface area contributed by atoms with E-state index in [2.05, 4.69) is 24.4 Å². The lowest BCUT2D eigenvalue weighted by molar-refractivity contribution is 0.325. The molecule has 0 aliphatic heterocycles. The van der Waals surface area contributed by atoms with Gasteiger partial charge in [0.1, 0.15) is 5.75 Å². The Kier molecular flexibility index (Phi) is 6.16. The third-order valence-corrected chi connectivity index (χ3v) is 2.30. The summed E-state index contributed by atoms with van der Waals surface area (Å²) in [5.74, 6) is 0.927. The summed E-state index contributed by atoms with van der Waals surface area (Å²) in [6.45, 7) is 2.93. The molecular formula is C14H21NO. The first-order valence-electron chi connectivity index (χ1n) is 5.92. The van der Waals surface area contributed by atoms with E-state index in [0.29, 0.717) is 0 Å². The molecule has 16 heavy (non-hydrogen) atoms. The Bertz CT molecular complexity index is 320. The van der Waals surface area contributed by atoms with Gasteiger partial charge in [0.25, 0.3) is 0 Å². The summed E-state index contributed by atoms with van der Waals surface area (Å²) in [4.78, 5) is 0. The zero-order valence-corrected chi connectivity index (χ0v) is 10.2. The number of nitrogens with one attached hydrogen (secondary N) is 1. The average molecular weight is 219 g/mol. The molecule has 0 aliphatic rings. The summed E-state index contributed by atoms with van der Waals surface area (Å²) in [7, 11) is 1.91. The number of ether oxygens (including phenoxy) is 1. The van der Waals surface area contributed by atoms with Gasteiger partial charge in [0.15, 0.2) is 0 Å². The van der Waals surface area contributed by atoms with Crippen LogP contribution in [-0.2, 0) is 0 Å². The molecule has 0 bridgehead atoms. The molecule has 0 amide bonds. The number of unbranched alkanes of at least 4 members (excludes halogenated alkanes) is 1. The maximum absolute atomic E-state index is 5.64. The van der Waals surface area contributed by atoms with Crippen molar-refractivity contribution in [1.82, 2.24) is 0 Å². The molecule has 2 heteroatoms. The third kappa shape index (κ3) is 4.87. The van der Waals surface area contributed by atoms with Crippen LogP contribution in [0.15, 0.2) is 36.4 Å². The molecule has 0 fully saturated rings. The second-order valence-electron chi connectivity index (χ2n) is 3.68. The van der Waals surface area contributed by atoms with Crippen molar-refractivity contribution in [2.45, 2.75) is 26.2 Å². The van der Waals surface area contributed by atoms with Crippen LogP contribution in [0.4, 0.5) is 5.69 Å². The Balaban J connectivity index is 2.26. The molecule has 0 saturated heterocycles. The fourth-order valence-corrected chi connectivity index (χ4v) is 1.39. The summed E-state index contributed by atoms with van der Waals surface area (Å²) >= 11 is 0. The lowest BCUT2D eigenvalue weighted by Crippen LogP contribution is -1.96. The summed E-state index contributed by atoms with van der Waals surface area (Å²) in [6, 6.07) is 8.01. The molecule has 0 unspecified atom stereocenters. The molecule has 0 aliphatic carbocycles. The number of anilines is 1. The zero-order chi connectivity index (χ0) is 11.6. The molecule has 1 rings (SSSR count). The van der Waals surface area contributed by atoms with Crippen molar-refractivity contribution in [2.75, 3.05) is 19.0 Å². The van der Waals surface area contributed by atoms with Gasteiger partial charge in [-0.2, -0.15) is 0 Å². The van der Waals surface area contributed by atoms with E-state index in [-0.39, 0.29) is 0 Å². The van der Waals surface area contributed by atoms with E-state index >= 15 is 0 Å². The van der Waals surface area contributed by atoms with Gasteiger partial charge in [-0.05, 0) is 25.0 Å². The van der Waals surface area contributed by atoms with Crippen molar-refractivity contribution >= 4 is 5.69 Å². The summed E-state index contributed by atoms with van der Waals surface area (Å²) < 4.78 is 5.64.